The molecule has 3 N–H and O–H groups in total. The molecule has 1 aliphatic rings. The topological polar surface area (TPSA) is 77.2 Å². The molecule has 0 radical (unpaired) electrons. The summed E-state index contributed by atoms with van der Waals surface area (Å²) in [4.78, 5) is 16.1. The second kappa shape index (κ2) is 5.25. The molecule has 5 nitrogen and oxygen atoms in total. The third kappa shape index (κ3) is 3.01. The molecule has 0 saturated carbocycles. The lowest BCUT2D eigenvalue weighted by atomic mass is 10.0. The molecule has 1 fully saturated rings. The Bertz CT molecular complexity index is 414. The van der Waals surface area contributed by atoms with Gasteiger partial charge in [0.1, 0.15) is 5.82 Å². The van der Waals surface area contributed by atoms with Gasteiger partial charge in [0, 0.05) is 25.7 Å². The number of carbonyl (C=O) groups is 1. The van der Waals surface area contributed by atoms with Crippen molar-refractivity contribution in [2.45, 2.75) is 19.4 Å². The first kappa shape index (κ1) is 12.0. The summed E-state index contributed by atoms with van der Waals surface area (Å²) in [7, 11) is 0. The van der Waals surface area contributed by atoms with Crippen molar-refractivity contribution in [3.05, 3.63) is 23.4 Å². The van der Waals surface area contributed by atoms with Crippen LogP contribution >= 0.6 is 0 Å². The number of ether oxygens (including phenoxy) is 1. The number of hydrogen-bond donors (Lipinski definition) is 2. The minimum Gasteiger partial charge on any atom is -0.383 e. The van der Waals surface area contributed by atoms with E-state index in [1.54, 1.807) is 12.3 Å². The van der Waals surface area contributed by atoms with Gasteiger partial charge in [-0.05, 0) is 18.6 Å². The minimum absolute atomic E-state index is 0.00704. The van der Waals surface area contributed by atoms with Crippen LogP contribution in [0.1, 0.15) is 22.3 Å². The zero-order chi connectivity index (χ0) is 12.3. The Kier molecular flexibility index (Phi) is 3.71. The summed E-state index contributed by atoms with van der Waals surface area (Å²) >= 11 is 0. The molecule has 1 aliphatic heterocycles. The van der Waals surface area contributed by atoms with E-state index in [1.807, 2.05) is 6.92 Å². The number of carbonyl (C=O) groups excluding carboxylic acids is 1. The van der Waals surface area contributed by atoms with E-state index >= 15 is 0 Å². The molecule has 1 saturated heterocycles. The first-order valence-electron chi connectivity index (χ1n) is 5.74. The van der Waals surface area contributed by atoms with Gasteiger partial charge in [-0.2, -0.15) is 0 Å². The maximum absolute atomic E-state index is 12.1. The molecule has 1 aromatic heterocycles. The van der Waals surface area contributed by atoms with Crippen LogP contribution < -0.4 is 11.1 Å². The fraction of sp³-hybridized carbons (Fsp3) is 0.500. The smallest absolute Gasteiger partial charge is 0.169 e. The van der Waals surface area contributed by atoms with Gasteiger partial charge in [-0.25, -0.2) is 4.98 Å². The molecular formula is C12H17N3O2. The standard InChI is InChI=1S/C12H17N3O2/c1-8-4-10(12(13)15-6-8)11(16)5-9-7-14-2-3-17-9/h4,6,9,14H,2-3,5,7H2,1H3,(H2,13,15). The maximum Gasteiger partial charge on any atom is 0.169 e. The van der Waals surface area contributed by atoms with Crippen LogP contribution in [0.5, 0.6) is 0 Å². The Hall–Kier alpha value is -1.46. The highest BCUT2D eigenvalue weighted by atomic mass is 16.5. The predicted molar refractivity (Wildman–Crippen MR) is 64.9 cm³/mol. The third-order valence-electron chi connectivity index (χ3n) is 2.77. The fourth-order valence-electron chi connectivity index (χ4n) is 1.87. The fourth-order valence-corrected chi connectivity index (χ4v) is 1.87. The van der Waals surface area contributed by atoms with Crippen molar-refractivity contribution in [2.24, 2.45) is 0 Å². The van der Waals surface area contributed by atoms with Gasteiger partial charge < -0.3 is 15.8 Å². The number of morpholine rings is 1. The van der Waals surface area contributed by atoms with E-state index in [0.29, 0.717) is 31.0 Å². The highest BCUT2D eigenvalue weighted by molar-refractivity contribution is 6.00. The molecule has 1 aromatic rings. The molecule has 2 rings (SSSR count). The Morgan fingerprint density at radius 2 is 2.53 bits per heavy atom. The predicted octanol–water partition coefficient (Wildman–Crippen LogP) is 0.533. The summed E-state index contributed by atoms with van der Waals surface area (Å²) in [6.45, 7) is 4.10. The summed E-state index contributed by atoms with van der Waals surface area (Å²) < 4.78 is 5.50. The molecular weight excluding hydrogens is 218 g/mol. The molecule has 0 aromatic carbocycles. The number of Topliss-reactive ketones (excluding diaryl/α,β-unsaturated/α-hetero) is 1. The van der Waals surface area contributed by atoms with Crippen molar-refractivity contribution >= 4 is 11.6 Å². The number of pyridine rings is 1. The van der Waals surface area contributed by atoms with Gasteiger partial charge >= 0.3 is 0 Å². The van der Waals surface area contributed by atoms with Crippen molar-refractivity contribution < 1.29 is 9.53 Å². The lowest BCUT2D eigenvalue weighted by Crippen LogP contribution is -2.39. The van der Waals surface area contributed by atoms with Crippen LogP contribution in [0.4, 0.5) is 5.82 Å². The monoisotopic (exact) mass is 235 g/mol. The Morgan fingerprint density at radius 1 is 1.71 bits per heavy atom. The number of rotatable bonds is 3. The zero-order valence-electron chi connectivity index (χ0n) is 9.90. The number of nitrogen functional groups attached to an aromatic ring is 1. The Labute approximate surface area is 100 Å². The quantitative estimate of drug-likeness (QED) is 0.747. The molecule has 0 bridgehead atoms. The third-order valence-corrected chi connectivity index (χ3v) is 2.77. The number of aromatic nitrogens is 1. The van der Waals surface area contributed by atoms with Gasteiger partial charge in [0.25, 0.3) is 0 Å². The van der Waals surface area contributed by atoms with Crippen molar-refractivity contribution in [3.8, 4) is 0 Å². The van der Waals surface area contributed by atoms with Crippen molar-refractivity contribution in [2.75, 3.05) is 25.4 Å². The highest BCUT2D eigenvalue weighted by Gasteiger charge is 2.20. The van der Waals surface area contributed by atoms with Crippen molar-refractivity contribution in [3.63, 3.8) is 0 Å². The molecule has 1 atom stereocenters. The molecule has 0 aliphatic carbocycles. The molecule has 0 spiro atoms. The summed E-state index contributed by atoms with van der Waals surface area (Å²) in [5.74, 6) is 0.289. The van der Waals surface area contributed by atoms with Crippen LogP contribution in [0, 0.1) is 6.92 Å². The molecule has 2 heterocycles. The molecule has 92 valence electrons. The van der Waals surface area contributed by atoms with E-state index in [-0.39, 0.29) is 11.9 Å². The Balaban J connectivity index is 2.05. The summed E-state index contributed by atoms with van der Waals surface area (Å²) in [5.41, 5.74) is 7.14. The van der Waals surface area contributed by atoms with E-state index in [2.05, 4.69) is 10.3 Å². The lowest BCUT2D eigenvalue weighted by molar-refractivity contribution is 0.0240. The number of nitrogens with two attached hydrogens (primary N) is 1. The van der Waals surface area contributed by atoms with Gasteiger partial charge in [0.05, 0.1) is 18.3 Å². The summed E-state index contributed by atoms with van der Waals surface area (Å²) in [6.07, 6.45) is 1.95. The van der Waals surface area contributed by atoms with E-state index in [4.69, 9.17) is 10.5 Å². The zero-order valence-corrected chi connectivity index (χ0v) is 9.90. The van der Waals surface area contributed by atoms with Crippen LogP contribution in [0.15, 0.2) is 12.3 Å². The minimum atomic E-state index is -0.0591. The molecule has 0 amide bonds. The number of nitrogens with one attached hydrogen (secondary N) is 1. The number of anilines is 1. The first-order valence-corrected chi connectivity index (χ1v) is 5.74. The normalized spacial score (nSPS) is 20.2. The molecule has 17 heavy (non-hydrogen) atoms. The van der Waals surface area contributed by atoms with Gasteiger partial charge in [0.2, 0.25) is 0 Å². The van der Waals surface area contributed by atoms with Crippen LogP contribution in [-0.4, -0.2) is 36.6 Å². The van der Waals surface area contributed by atoms with Crippen LogP contribution in [0.3, 0.4) is 0 Å². The van der Waals surface area contributed by atoms with Gasteiger partial charge in [-0.3, -0.25) is 4.79 Å². The summed E-state index contributed by atoms with van der Waals surface area (Å²) in [5, 5.41) is 3.19. The van der Waals surface area contributed by atoms with E-state index in [9.17, 15) is 4.79 Å². The van der Waals surface area contributed by atoms with E-state index in [1.165, 1.54) is 0 Å². The van der Waals surface area contributed by atoms with Crippen LogP contribution in [0.2, 0.25) is 0 Å². The van der Waals surface area contributed by atoms with Crippen molar-refractivity contribution in [1.82, 2.24) is 10.3 Å². The number of nitrogens with zero attached hydrogens (tertiary/aromatic N) is 1. The van der Waals surface area contributed by atoms with E-state index in [0.717, 1.165) is 12.1 Å². The lowest BCUT2D eigenvalue weighted by Gasteiger charge is -2.23. The number of hydrogen-bond acceptors (Lipinski definition) is 5. The average Bonchev–Trinajstić information content (AvgIpc) is 2.33. The first-order chi connectivity index (χ1) is 8.16. The Morgan fingerprint density at radius 3 is 3.24 bits per heavy atom. The SMILES string of the molecule is Cc1cnc(N)c(C(=O)CC2CNCCO2)c1. The van der Waals surface area contributed by atoms with Gasteiger partial charge in [0.15, 0.2) is 5.78 Å². The largest absolute Gasteiger partial charge is 0.383 e. The van der Waals surface area contributed by atoms with Crippen molar-refractivity contribution in [1.29, 1.82) is 0 Å². The van der Waals surface area contributed by atoms with E-state index < -0.39 is 0 Å². The average molecular weight is 235 g/mol. The highest BCUT2D eigenvalue weighted by Crippen LogP contribution is 2.15. The molecule has 1 unspecified atom stereocenters. The van der Waals surface area contributed by atoms with Gasteiger partial charge in [-0.15, -0.1) is 0 Å². The second-order valence-electron chi connectivity index (χ2n) is 4.27. The number of ketones is 1. The second-order valence-corrected chi connectivity index (χ2v) is 4.27. The van der Waals surface area contributed by atoms with Gasteiger partial charge in [-0.1, -0.05) is 0 Å². The number of aryl methyl sites for hydroxylation is 1. The summed E-state index contributed by atoms with van der Waals surface area (Å²) in [6, 6.07) is 1.78. The van der Waals surface area contributed by atoms with Crippen LogP contribution in [-0.2, 0) is 4.74 Å². The molecule has 5 heteroatoms. The van der Waals surface area contributed by atoms with Crippen LogP contribution in [0.25, 0.3) is 0 Å². The maximum atomic E-state index is 12.1.